The van der Waals surface area contributed by atoms with Crippen molar-refractivity contribution in [3.63, 3.8) is 0 Å². The van der Waals surface area contributed by atoms with Gasteiger partial charge in [0.05, 0.1) is 11.8 Å². The van der Waals surface area contributed by atoms with Gasteiger partial charge in [0.2, 0.25) is 5.91 Å². The van der Waals surface area contributed by atoms with Crippen LogP contribution in [0.3, 0.4) is 0 Å². The lowest BCUT2D eigenvalue weighted by Gasteiger charge is -2.23. The number of fused-ring (bicyclic) bond motifs is 2. The molecule has 2 bridgehead atoms. The molecule has 1 aromatic rings. The van der Waals surface area contributed by atoms with Crippen LogP contribution in [-0.4, -0.2) is 22.0 Å². The molecule has 2 aliphatic carbocycles. The Bertz CT molecular complexity index is 597. The molecule has 2 unspecified atom stereocenters. The smallest absolute Gasteiger partial charge is 0.307 e. The minimum atomic E-state index is -0.882. The molecule has 4 atom stereocenters. The first-order valence-corrected chi connectivity index (χ1v) is 6.71. The Morgan fingerprint density at radius 1 is 1.30 bits per heavy atom. The van der Waals surface area contributed by atoms with E-state index in [0.717, 1.165) is 12.1 Å². The summed E-state index contributed by atoms with van der Waals surface area (Å²) < 4.78 is 0. The fourth-order valence-corrected chi connectivity index (χ4v) is 3.37. The highest BCUT2D eigenvalue weighted by atomic mass is 16.4. The Morgan fingerprint density at radius 2 is 2.00 bits per heavy atom. The number of nitrogens with one attached hydrogen (secondary N) is 1. The van der Waals surface area contributed by atoms with E-state index in [1.54, 1.807) is 18.3 Å². The van der Waals surface area contributed by atoms with Crippen LogP contribution in [0.4, 0.5) is 5.69 Å². The molecule has 0 aromatic carbocycles. The van der Waals surface area contributed by atoms with Gasteiger partial charge >= 0.3 is 5.97 Å². The van der Waals surface area contributed by atoms with Gasteiger partial charge < -0.3 is 10.4 Å². The molecule has 2 N–H and O–H groups in total. The molecule has 0 saturated heterocycles. The van der Waals surface area contributed by atoms with Crippen LogP contribution in [0.2, 0.25) is 0 Å². The lowest BCUT2D eigenvalue weighted by molar-refractivity contribution is -0.146. The van der Waals surface area contributed by atoms with Gasteiger partial charge in [-0.1, -0.05) is 12.2 Å². The molecule has 1 fully saturated rings. The lowest BCUT2D eigenvalue weighted by atomic mass is 9.82. The largest absolute Gasteiger partial charge is 0.481 e. The Labute approximate surface area is 116 Å². The van der Waals surface area contributed by atoms with Crippen molar-refractivity contribution in [2.45, 2.75) is 13.3 Å². The predicted octanol–water partition coefficient (Wildman–Crippen LogP) is 1.85. The summed E-state index contributed by atoms with van der Waals surface area (Å²) in [6.07, 6.45) is 6.31. The van der Waals surface area contributed by atoms with Crippen molar-refractivity contribution < 1.29 is 14.7 Å². The van der Waals surface area contributed by atoms with Crippen molar-refractivity contribution in [1.82, 2.24) is 4.98 Å². The summed E-state index contributed by atoms with van der Waals surface area (Å²) in [6, 6.07) is 3.49. The zero-order valence-electron chi connectivity index (χ0n) is 11.1. The summed E-state index contributed by atoms with van der Waals surface area (Å²) in [5.74, 6) is -2.13. The molecule has 1 heterocycles. The average Bonchev–Trinajstić information content (AvgIpc) is 2.98. The first-order valence-electron chi connectivity index (χ1n) is 6.71. The van der Waals surface area contributed by atoms with Crippen LogP contribution in [0.15, 0.2) is 30.5 Å². The number of rotatable bonds is 3. The minimum Gasteiger partial charge on any atom is -0.481 e. The standard InChI is InChI=1S/C15H16N2O3/c1-8-6-11(4-5-16-8)17-14(18)12-9-2-3-10(7-9)13(12)15(19)20/h2-6,9-10,12-13H,7H2,1H3,(H,19,20)(H,16,17,18)/t9?,10?,12-,13+/m0/s1. The van der Waals surface area contributed by atoms with Crippen molar-refractivity contribution in [3.05, 3.63) is 36.2 Å². The minimum absolute atomic E-state index is 0.00701. The number of hydrogen-bond donors (Lipinski definition) is 2. The first-order chi connectivity index (χ1) is 9.56. The van der Waals surface area contributed by atoms with Crippen LogP contribution >= 0.6 is 0 Å². The number of pyridine rings is 1. The third kappa shape index (κ3) is 2.09. The van der Waals surface area contributed by atoms with E-state index in [9.17, 15) is 14.7 Å². The summed E-state index contributed by atoms with van der Waals surface area (Å²) in [6.45, 7) is 1.84. The highest BCUT2D eigenvalue weighted by Gasteiger charge is 2.51. The number of nitrogens with zero attached hydrogens (tertiary/aromatic N) is 1. The number of aliphatic carboxylic acids is 1. The number of carboxylic acids is 1. The quantitative estimate of drug-likeness (QED) is 0.823. The normalized spacial score (nSPS) is 30.4. The summed E-state index contributed by atoms with van der Waals surface area (Å²) in [5.41, 5.74) is 1.48. The number of anilines is 1. The number of carboxylic acid groups (broad SMARTS) is 1. The topological polar surface area (TPSA) is 79.3 Å². The van der Waals surface area contributed by atoms with Gasteiger partial charge in [-0.15, -0.1) is 0 Å². The summed E-state index contributed by atoms with van der Waals surface area (Å²) in [4.78, 5) is 27.9. The van der Waals surface area contributed by atoms with Crippen LogP contribution in [0, 0.1) is 30.6 Å². The predicted molar refractivity (Wildman–Crippen MR) is 73.0 cm³/mol. The van der Waals surface area contributed by atoms with Crippen LogP contribution in [0.5, 0.6) is 0 Å². The monoisotopic (exact) mass is 272 g/mol. The van der Waals surface area contributed by atoms with E-state index >= 15 is 0 Å². The van der Waals surface area contributed by atoms with E-state index in [-0.39, 0.29) is 17.7 Å². The lowest BCUT2D eigenvalue weighted by Crippen LogP contribution is -2.36. The number of aromatic nitrogens is 1. The van der Waals surface area contributed by atoms with Gasteiger partial charge in [0.25, 0.3) is 0 Å². The molecule has 0 radical (unpaired) electrons. The van der Waals surface area contributed by atoms with Crippen molar-refractivity contribution in [2.24, 2.45) is 23.7 Å². The molecule has 2 aliphatic rings. The van der Waals surface area contributed by atoms with Gasteiger partial charge in [-0.25, -0.2) is 0 Å². The summed E-state index contributed by atoms with van der Waals surface area (Å²) >= 11 is 0. The maximum absolute atomic E-state index is 12.4. The van der Waals surface area contributed by atoms with Crippen LogP contribution in [0.1, 0.15) is 12.1 Å². The molecule has 5 nitrogen and oxygen atoms in total. The molecule has 3 rings (SSSR count). The van der Waals surface area contributed by atoms with E-state index in [2.05, 4.69) is 10.3 Å². The van der Waals surface area contributed by atoms with Gasteiger partial charge in [0.1, 0.15) is 0 Å². The van der Waals surface area contributed by atoms with Crippen molar-refractivity contribution in [2.75, 3.05) is 5.32 Å². The molecular formula is C15H16N2O3. The zero-order chi connectivity index (χ0) is 14.3. The van der Waals surface area contributed by atoms with Crippen LogP contribution in [0.25, 0.3) is 0 Å². The number of allylic oxidation sites excluding steroid dienone is 2. The van der Waals surface area contributed by atoms with Crippen LogP contribution < -0.4 is 5.32 Å². The van der Waals surface area contributed by atoms with Gasteiger partial charge in [-0.05, 0) is 37.3 Å². The second-order valence-electron chi connectivity index (χ2n) is 5.51. The fraction of sp³-hybridized carbons (Fsp3) is 0.400. The number of aryl methyl sites for hydroxylation is 1. The second kappa shape index (κ2) is 4.74. The molecule has 1 amide bonds. The maximum Gasteiger partial charge on any atom is 0.307 e. The maximum atomic E-state index is 12.4. The van der Waals surface area contributed by atoms with Gasteiger partial charge in [-0.2, -0.15) is 0 Å². The van der Waals surface area contributed by atoms with E-state index in [1.165, 1.54) is 0 Å². The number of hydrogen-bond acceptors (Lipinski definition) is 3. The van der Waals surface area contributed by atoms with E-state index in [0.29, 0.717) is 5.69 Å². The number of carbonyl (C=O) groups is 2. The van der Waals surface area contributed by atoms with Crippen molar-refractivity contribution in [1.29, 1.82) is 0 Å². The van der Waals surface area contributed by atoms with E-state index in [4.69, 9.17) is 0 Å². The van der Waals surface area contributed by atoms with Crippen LogP contribution in [-0.2, 0) is 9.59 Å². The summed E-state index contributed by atoms with van der Waals surface area (Å²) in [5, 5.41) is 12.2. The molecule has 5 heteroatoms. The molecule has 20 heavy (non-hydrogen) atoms. The molecule has 1 aromatic heterocycles. The molecule has 1 saturated carbocycles. The second-order valence-corrected chi connectivity index (χ2v) is 5.51. The third-order valence-electron chi connectivity index (χ3n) is 4.21. The molecule has 104 valence electrons. The molecule has 0 aliphatic heterocycles. The Hall–Kier alpha value is -2.17. The SMILES string of the molecule is Cc1cc(NC(=O)[C@H]2C3C=CC(C3)[C@H]2C(=O)O)ccn1. The Morgan fingerprint density at radius 3 is 2.65 bits per heavy atom. The summed E-state index contributed by atoms with van der Waals surface area (Å²) in [7, 11) is 0. The van der Waals surface area contributed by atoms with Crippen molar-refractivity contribution in [3.8, 4) is 0 Å². The van der Waals surface area contributed by atoms with Gasteiger partial charge in [0, 0.05) is 17.6 Å². The highest BCUT2D eigenvalue weighted by molar-refractivity contribution is 5.96. The van der Waals surface area contributed by atoms with E-state index in [1.807, 2.05) is 19.1 Å². The van der Waals surface area contributed by atoms with Crippen molar-refractivity contribution >= 4 is 17.6 Å². The fourth-order valence-electron chi connectivity index (χ4n) is 3.37. The highest BCUT2D eigenvalue weighted by Crippen LogP contribution is 2.48. The zero-order valence-corrected chi connectivity index (χ0v) is 11.1. The number of amides is 1. The van der Waals surface area contributed by atoms with Gasteiger partial charge in [-0.3, -0.25) is 14.6 Å². The van der Waals surface area contributed by atoms with E-state index < -0.39 is 17.8 Å². The molecular weight excluding hydrogens is 256 g/mol. The van der Waals surface area contributed by atoms with Gasteiger partial charge in [0.15, 0.2) is 0 Å². The average molecular weight is 272 g/mol. The first kappa shape index (κ1) is 12.8. The molecule has 0 spiro atoms. The third-order valence-corrected chi connectivity index (χ3v) is 4.21. The Kier molecular flexibility index (Phi) is 3.04. The number of carbonyl (C=O) groups excluding carboxylic acids is 1. The Balaban J connectivity index is 1.80.